The molecule has 1 unspecified atom stereocenters. The standard InChI is InChI=1S/C17H22N4O3/c1-3-15-19-16(20-24-15)12-6-5-9-21(11-12)17(22)18-13-7-4-8-14(10-13)23-2/h4,7-8,10,12H,3,5-6,9,11H2,1-2H3,(H,18,22). The molecule has 1 fully saturated rings. The van der Waals surface area contributed by atoms with Crippen LogP contribution in [0.1, 0.15) is 37.4 Å². The van der Waals surface area contributed by atoms with E-state index in [0.29, 0.717) is 29.7 Å². The van der Waals surface area contributed by atoms with Crippen molar-refractivity contribution in [2.24, 2.45) is 0 Å². The average molecular weight is 330 g/mol. The van der Waals surface area contributed by atoms with Crippen LogP contribution in [0.3, 0.4) is 0 Å². The predicted octanol–water partition coefficient (Wildman–Crippen LogP) is 3.05. The summed E-state index contributed by atoms with van der Waals surface area (Å²) in [7, 11) is 1.60. The molecule has 7 nitrogen and oxygen atoms in total. The number of nitrogens with zero attached hydrogens (tertiary/aromatic N) is 3. The molecule has 1 aliphatic heterocycles. The van der Waals surface area contributed by atoms with Crippen molar-refractivity contribution in [1.82, 2.24) is 15.0 Å². The van der Waals surface area contributed by atoms with Gasteiger partial charge < -0.3 is 19.5 Å². The Morgan fingerprint density at radius 2 is 2.38 bits per heavy atom. The number of nitrogens with one attached hydrogen (secondary N) is 1. The molecule has 2 heterocycles. The summed E-state index contributed by atoms with van der Waals surface area (Å²) in [5, 5.41) is 6.97. The summed E-state index contributed by atoms with van der Waals surface area (Å²) < 4.78 is 10.4. The molecule has 128 valence electrons. The van der Waals surface area contributed by atoms with Crippen molar-refractivity contribution in [2.75, 3.05) is 25.5 Å². The normalized spacial score (nSPS) is 17.6. The monoisotopic (exact) mass is 330 g/mol. The first-order valence-corrected chi connectivity index (χ1v) is 8.22. The molecule has 1 aromatic heterocycles. The third kappa shape index (κ3) is 3.67. The Morgan fingerprint density at radius 1 is 1.50 bits per heavy atom. The number of anilines is 1. The van der Waals surface area contributed by atoms with E-state index in [4.69, 9.17) is 9.26 Å². The van der Waals surface area contributed by atoms with Gasteiger partial charge in [0.25, 0.3) is 0 Å². The number of hydrogen-bond acceptors (Lipinski definition) is 5. The van der Waals surface area contributed by atoms with Gasteiger partial charge in [0, 0.05) is 37.2 Å². The lowest BCUT2D eigenvalue weighted by Crippen LogP contribution is -2.41. The van der Waals surface area contributed by atoms with Crippen molar-refractivity contribution in [2.45, 2.75) is 32.1 Å². The molecule has 0 aliphatic carbocycles. The summed E-state index contributed by atoms with van der Waals surface area (Å²) in [5.74, 6) is 2.18. The third-order valence-corrected chi connectivity index (χ3v) is 4.18. The van der Waals surface area contributed by atoms with Crippen LogP contribution in [0.15, 0.2) is 28.8 Å². The predicted molar refractivity (Wildman–Crippen MR) is 89.2 cm³/mol. The molecule has 1 atom stereocenters. The first-order chi connectivity index (χ1) is 11.7. The molecule has 0 saturated carbocycles. The number of benzene rings is 1. The van der Waals surface area contributed by atoms with Crippen LogP contribution < -0.4 is 10.1 Å². The van der Waals surface area contributed by atoms with Crippen molar-refractivity contribution in [3.05, 3.63) is 36.0 Å². The summed E-state index contributed by atoms with van der Waals surface area (Å²) in [6.45, 7) is 3.30. The fraction of sp³-hybridized carbons (Fsp3) is 0.471. The molecule has 24 heavy (non-hydrogen) atoms. The second kappa shape index (κ2) is 7.33. The molecule has 1 aromatic carbocycles. The topological polar surface area (TPSA) is 80.5 Å². The van der Waals surface area contributed by atoms with E-state index in [2.05, 4.69) is 15.5 Å². The second-order valence-corrected chi connectivity index (χ2v) is 5.85. The SMILES string of the molecule is CCc1nc(C2CCCN(C(=O)Nc3cccc(OC)c3)C2)no1. The van der Waals surface area contributed by atoms with Crippen molar-refractivity contribution in [1.29, 1.82) is 0 Å². The molecule has 0 radical (unpaired) electrons. The summed E-state index contributed by atoms with van der Waals surface area (Å²) in [6.07, 6.45) is 2.61. The average Bonchev–Trinajstić information content (AvgIpc) is 3.11. The first-order valence-electron chi connectivity index (χ1n) is 8.22. The van der Waals surface area contributed by atoms with E-state index in [0.717, 1.165) is 25.8 Å². The zero-order valence-corrected chi connectivity index (χ0v) is 14.0. The first kappa shape index (κ1) is 16.3. The maximum absolute atomic E-state index is 12.5. The number of carbonyl (C=O) groups excluding carboxylic acids is 1. The van der Waals surface area contributed by atoms with Gasteiger partial charge in [0.2, 0.25) is 5.89 Å². The molecular formula is C17H22N4O3. The van der Waals surface area contributed by atoms with Gasteiger partial charge in [-0.3, -0.25) is 0 Å². The zero-order chi connectivity index (χ0) is 16.9. The van der Waals surface area contributed by atoms with Crippen LogP contribution in [0.2, 0.25) is 0 Å². The highest BCUT2D eigenvalue weighted by atomic mass is 16.5. The number of ether oxygens (including phenoxy) is 1. The Kier molecular flexibility index (Phi) is 4.98. The molecule has 3 rings (SSSR count). The van der Waals surface area contributed by atoms with Crippen molar-refractivity contribution >= 4 is 11.7 Å². The van der Waals surface area contributed by atoms with E-state index in [1.54, 1.807) is 18.1 Å². The van der Waals surface area contributed by atoms with Gasteiger partial charge in [-0.1, -0.05) is 18.1 Å². The lowest BCUT2D eigenvalue weighted by Gasteiger charge is -2.31. The Labute approximate surface area is 141 Å². The van der Waals surface area contributed by atoms with E-state index in [-0.39, 0.29) is 11.9 Å². The van der Waals surface area contributed by atoms with Gasteiger partial charge in [0.15, 0.2) is 5.82 Å². The molecule has 2 amide bonds. The number of likely N-dealkylation sites (tertiary alicyclic amines) is 1. The van der Waals surface area contributed by atoms with E-state index in [9.17, 15) is 4.79 Å². The number of aryl methyl sites for hydroxylation is 1. The van der Waals surface area contributed by atoms with Crippen LogP contribution in [-0.4, -0.2) is 41.3 Å². The van der Waals surface area contributed by atoms with E-state index < -0.39 is 0 Å². The number of carbonyl (C=O) groups is 1. The quantitative estimate of drug-likeness (QED) is 0.932. The lowest BCUT2D eigenvalue weighted by molar-refractivity contribution is 0.190. The lowest BCUT2D eigenvalue weighted by atomic mass is 9.97. The van der Waals surface area contributed by atoms with Gasteiger partial charge in [-0.25, -0.2) is 4.79 Å². The highest BCUT2D eigenvalue weighted by molar-refractivity contribution is 5.89. The Morgan fingerprint density at radius 3 is 3.12 bits per heavy atom. The maximum atomic E-state index is 12.5. The summed E-state index contributed by atoms with van der Waals surface area (Å²) in [5.41, 5.74) is 0.717. The van der Waals surface area contributed by atoms with Crippen molar-refractivity contribution in [3.63, 3.8) is 0 Å². The van der Waals surface area contributed by atoms with Crippen LogP contribution in [-0.2, 0) is 6.42 Å². The van der Waals surface area contributed by atoms with Crippen molar-refractivity contribution in [3.8, 4) is 5.75 Å². The molecule has 1 aliphatic rings. The second-order valence-electron chi connectivity index (χ2n) is 5.85. The number of amides is 2. The van der Waals surface area contributed by atoms with Gasteiger partial charge in [0.05, 0.1) is 7.11 Å². The number of piperidine rings is 1. The fourth-order valence-corrected chi connectivity index (χ4v) is 2.85. The minimum atomic E-state index is -0.118. The van der Waals surface area contributed by atoms with Crippen LogP contribution in [0.4, 0.5) is 10.5 Å². The van der Waals surface area contributed by atoms with E-state index in [1.165, 1.54) is 0 Å². The van der Waals surface area contributed by atoms with E-state index in [1.807, 2.05) is 25.1 Å². The molecule has 1 saturated heterocycles. The number of aromatic nitrogens is 2. The van der Waals surface area contributed by atoms with Gasteiger partial charge >= 0.3 is 6.03 Å². The Hall–Kier alpha value is -2.57. The Bertz CT molecular complexity index is 701. The molecule has 1 N–H and O–H groups in total. The third-order valence-electron chi connectivity index (χ3n) is 4.18. The highest BCUT2D eigenvalue weighted by Crippen LogP contribution is 2.26. The largest absolute Gasteiger partial charge is 0.497 e. The number of rotatable bonds is 4. The van der Waals surface area contributed by atoms with Gasteiger partial charge in [-0.15, -0.1) is 0 Å². The van der Waals surface area contributed by atoms with Gasteiger partial charge in [-0.2, -0.15) is 4.98 Å². The summed E-state index contributed by atoms with van der Waals surface area (Å²) in [4.78, 5) is 18.7. The summed E-state index contributed by atoms with van der Waals surface area (Å²) in [6, 6.07) is 7.21. The summed E-state index contributed by atoms with van der Waals surface area (Å²) >= 11 is 0. The van der Waals surface area contributed by atoms with Crippen LogP contribution in [0.25, 0.3) is 0 Å². The Balaban J connectivity index is 1.64. The number of urea groups is 1. The van der Waals surface area contributed by atoms with Gasteiger partial charge in [-0.05, 0) is 25.0 Å². The van der Waals surface area contributed by atoms with Crippen LogP contribution in [0, 0.1) is 0 Å². The molecule has 0 spiro atoms. The van der Waals surface area contributed by atoms with Crippen LogP contribution in [0.5, 0.6) is 5.75 Å². The maximum Gasteiger partial charge on any atom is 0.321 e. The molecule has 2 aromatic rings. The smallest absolute Gasteiger partial charge is 0.321 e. The van der Waals surface area contributed by atoms with E-state index >= 15 is 0 Å². The fourth-order valence-electron chi connectivity index (χ4n) is 2.85. The molecule has 0 bridgehead atoms. The number of hydrogen-bond donors (Lipinski definition) is 1. The van der Waals surface area contributed by atoms with Gasteiger partial charge in [0.1, 0.15) is 5.75 Å². The van der Waals surface area contributed by atoms with Crippen LogP contribution >= 0.6 is 0 Å². The highest BCUT2D eigenvalue weighted by Gasteiger charge is 2.28. The minimum Gasteiger partial charge on any atom is -0.497 e. The molecule has 7 heteroatoms. The minimum absolute atomic E-state index is 0.118. The molecular weight excluding hydrogens is 308 g/mol. The van der Waals surface area contributed by atoms with Crippen molar-refractivity contribution < 1.29 is 14.1 Å². The number of methoxy groups -OCH3 is 1. The zero-order valence-electron chi connectivity index (χ0n) is 14.0.